The fourth-order valence-electron chi connectivity index (χ4n) is 3.26. The summed E-state index contributed by atoms with van der Waals surface area (Å²) in [5.74, 6) is 1.13. The average molecular weight is 287 g/mol. The highest BCUT2D eigenvalue weighted by atomic mass is 15.2. The Morgan fingerprint density at radius 2 is 1.90 bits per heavy atom. The molecule has 1 N–H and O–H groups in total. The average Bonchev–Trinajstić information content (AvgIpc) is 3.29. The minimum Gasteiger partial charge on any atom is -0.357 e. The van der Waals surface area contributed by atoms with Crippen LogP contribution >= 0.6 is 0 Å². The molecule has 0 spiro atoms. The van der Waals surface area contributed by atoms with Crippen LogP contribution in [0.3, 0.4) is 0 Å². The van der Waals surface area contributed by atoms with Crippen LogP contribution in [0.1, 0.15) is 58.1 Å². The molecule has 2 saturated carbocycles. The van der Waals surface area contributed by atoms with Gasteiger partial charge < -0.3 is 10.2 Å². The smallest absolute Gasteiger partial charge is 0.128 e. The molecular formula is C18H29N3. The van der Waals surface area contributed by atoms with Crippen molar-refractivity contribution in [3.63, 3.8) is 0 Å². The van der Waals surface area contributed by atoms with Gasteiger partial charge in [0, 0.05) is 25.7 Å². The van der Waals surface area contributed by atoms with E-state index >= 15 is 0 Å². The molecule has 3 nitrogen and oxygen atoms in total. The third kappa shape index (κ3) is 3.97. The van der Waals surface area contributed by atoms with Crippen molar-refractivity contribution in [3.8, 4) is 0 Å². The van der Waals surface area contributed by atoms with Gasteiger partial charge in [0.05, 0.1) is 5.69 Å². The van der Waals surface area contributed by atoms with Crippen molar-refractivity contribution in [2.24, 2.45) is 5.41 Å². The second-order valence-electron chi connectivity index (χ2n) is 7.65. The first-order chi connectivity index (χ1) is 10.0. The molecule has 3 rings (SSSR count). The Bertz CT molecular complexity index is 469. The Balaban J connectivity index is 1.60. The first-order valence-corrected chi connectivity index (χ1v) is 8.46. The monoisotopic (exact) mass is 287 g/mol. The van der Waals surface area contributed by atoms with Crippen molar-refractivity contribution in [1.82, 2.24) is 10.3 Å². The number of hydrogen-bond donors (Lipinski definition) is 1. The topological polar surface area (TPSA) is 28.2 Å². The van der Waals surface area contributed by atoms with Crippen LogP contribution < -0.4 is 10.2 Å². The van der Waals surface area contributed by atoms with Crippen LogP contribution in [0.25, 0.3) is 0 Å². The lowest BCUT2D eigenvalue weighted by atomic mass is 9.75. The molecule has 2 aliphatic carbocycles. The molecule has 0 aromatic carbocycles. The molecule has 2 aliphatic rings. The van der Waals surface area contributed by atoms with Crippen LogP contribution in [0.4, 0.5) is 5.82 Å². The zero-order chi connectivity index (χ0) is 14.9. The van der Waals surface area contributed by atoms with Gasteiger partial charge in [-0.25, -0.2) is 4.98 Å². The molecule has 1 heterocycles. The van der Waals surface area contributed by atoms with E-state index in [9.17, 15) is 0 Å². The van der Waals surface area contributed by atoms with Crippen LogP contribution in [0.15, 0.2) is 18.2 Å². The SMILES string of the molecule is CN(c1cccc(CNC2CC2)n1)C1CCC(C)(C)CC1. The summed E-state index contributed by atoms with van der Waals surface area (Å²) in [6.07, 6.45) is 7.89. The molecule has 0 radical (unpaired) electrons. The first-order valence-electron chi connectivity index (χ1n) is 8.46. The van der Waals surface area contributed by atoms with E-state index in [1.54, 1.807) is 0 Å². The second kappa shape index (κ2) is 5.96. The molecule has 21 heavy (non-hydrogen) atoms. The molecule has 0 atom stereocenters. The maximum absolute atomic E-state index is 4.85. The third-order valence-electron chi connectivity index (χ3n) is 5.16. The van der Waals surface area contributed by atoms with Gasteiger partial charge in [-0.15, -0.1) is 0 Å². The third-order valence-corrected chi connectivity index (χ3v) is 5.16. The zero-order valence-electron chi connectivity index (χ0n) is 13.7. The van der Waals surface area contributed by atoms with Crippen molar-refractivity contribution >= 4 is 5.82 Å². The number of anilines is 1. The summed E-state index contributed by atoms with van der Waals surface area (Å²) in [6, 6.07) is 7.83. The fraction of sp³-hybridized carbons (Fsp3) is 0.722. The predicted octanol–water partition coefficient (Wildman–Crippen LogP) is 3.74. The first kappa shape index (κ1) is 14.8. The van der Waals surface area contributed by atoms with Gasteiger partial charge in [0.2, 0.25) is 0 Å². The molecule has 116 valence electrons. The van der Waals surface area contributed by atoms with Gasteiger partial charge in [-0.2, -0.15) is 0 Å². The number of pyridine rings is 1. The van der Waals surface area contributed by atoms with Gasteiger partial charge in [0.25, 0.3) is 0 Å². The van der Waals surface area contributed by atoms with E-state index in [2.05, 4.69) is 49.3 Å². The van der Waals surface area contributed by atoms with Crippen molar-refractivity contribution in [2.45, 2.75) is 71.0 Å². The lowest BCUT2D eigenvalue weighted by Crippen LogP contribution is -2.37. The lowest BCUT2D eigenvalue weighted by molar-refractivity contribution is 0.222. The van der Waals surface area contributed by atoms with E-state index in [1.807, 2.05) is 0 Å². The van der Waals surface area contributed by atoms with Crippen molar-refractivity contribution in [1.29, 1.82) is 0 Å². The maximum atomic E-state index is 4.85. The van der Waals surface area contributed by atoms with Crippen molar-refractivity contribution < 1.29 is 0 Å². The molecule has 1 aromatic rings. The Morgan fingerprint density at radius 3 is 2.57 bits per heavy atom. The normalized spacial score (nSPS) is 22.2. The largest absolute Gasteiger partial charge is 0.357 e. The molecule has 3 heteroatoms. The minimum absolute atomic E-state index is 0.529. The predicted molar refractivity (Wildman–Crippen MR) is 88.5 cm³/mol. The molecule has 0 bridgehead atoms. The Kier molecular flexibility index (Phi) is 4.21. The van der Waals surface area contributed by atoms with E-state index in [4.69, 9.17) is 4.98 Å². The van der Waals surface area contributed by atoms with Crippen molar-refractivity contribution in [3.05, 3.63) is 23.9 Å². The molecule has 0 saturated heterocycles. The standard InChI is InChI=1S/C18H29N3/c1-18(2)11-9-16(10-12-18)21(3)17-6-4-5-15(20-17)13-19-14-7-8-14/h4-6,14,16,19H,7-13H2,1-3H3. The number of hydrogen-bond acceptors (Lipinski definition) is 3. The summed E-state index contributed by atoms with van der Waals surface area (Å²) in [4.78, 5) is 7.25. The molecular weight excluding hydrogens is 258 g/mol. The summed E-state index contributed by atoms with van der Waals surface area (Å²) >= 11 is 0. The lowest BCUT2D eigenvalue weighted by Gasteiger charge is -2.39. The summed E-state index contributed by atoms with van der Waals surface area (Å²) in [6.45, 7) is 5.70. The molecule has 1 aromatic heterocycles. The van der Waals surface area contributed by atoms with Gasteiger partial charge >= 0.3 is 0 Å². The van der Waals surface area contributed by atoms with Crippen LogP contribution in [0, 0.1) is 5.41 Å². The van der Waals surface area contributed by atoms with Gasteiger partial charge in [-0.3, -0.25) is 0 Å². The van der Waals surface area contributed by atoms with Gasteiger partial charge in [-0.1, -0.05) is 19.9 Å². The van der Waals surface area contributed by atoms with Gasteiger partial charge in [0.15, 0.2) is 0 Å². The van der Waals surface area contributed by atoms with E-state index in [-0.39, 0.29) is 0 Å². The van der Waals surface area contributed by atoms with Crippen molar-refractivity contribution in [2.75, 3.05) is 11.9 Å². The van der Waals surface area contributed by atoms with Crippen LogP contribution in [0.5, 0.6) is 0 Å². The summed E-state index contributed by atoms with van der Waals surface area (Å²) in [5, 5.41) is 3.55. The maximum Gasteiger partial charge on any atom is 0.128 e. The highest BCUT2D eigenvalue weighted by Gasteiger charge is 2.29. The van der Waals surface area contributed by atoms with E-state index in [1.165, 1.54) is 44.2 Å². The Hall–Kier alpha value is -1.09. The van der Waals surface area contributed by atoms with Crippen LogP contribution in [0.2, 0.25) is 0 Å². The van der Waals surface area contributed by atoms with Gasteiger partial charge in [-0.05, 0) is 56.1 Å². The Labute approximate surface area is 129 Å². The molecule has 0 aliphatic heterocycles. The van der Waals surface area contributed by atoms with E-state index < -0.39 is 0 Å². The summed E-state index contributed by atoms with van der Waals surface area (Å²) in [7, 11) is 2.21. The van der Waals surface area contributed by atoms with E-state index in [0.717, 1.165) is 18.4 Å². The zero-order valence-corrected chi connectivity index (χ0v) is 13.7. The van der Waals surface area contributed by atoms with Gasteiger partial charge in [0.1, 0.15) is 5.82 Å². The highest BCUT2D eigenvalue weighted by Crippen LogP contribution is 2.37. The number of rotatable bonds is 5. The highest BCUT2D eigenvalue weighted by molar-refractivity contribution is 5.39. The van der Waals surface area contributed by atoms with Crippen LogP contribution in [-0.2, 0) is 6.54 Å². The van der Waals surface area contributed by atoms with Crippen LogP contribution in [-0.4, -0.2) is 24.1 Å². The number of nitrogens with zero attached hydrogens (tertiary/aromatic N) is 2. The quantitative estimate of drug-likeness (QED) is 0.894. The molecule has 2 fully saturated rings. The number of aromatic nitrogens is 1. The molecule has 0 unspecified atom stereocenters. The number of nitrogens with one attached hydrogen (secondary N) is 1. The summed E-state index contributed by atoms with van der Waals surface area (Å²) < 4.78 is 0. The minimum atomic E-state index is 0.529. The Morgan fingerprint density at radius 1 is 1.19 bits per heavy atom. The second-order valence-corrected chi connectivity index (χ2v) is 7.65. The van der Waals surface area contributed by atoms with E-state index in [0.29, 0.717) is 11.5 Å². The molecule has 0 amide bonds. The summed E-state index contributed by atoms with van der Waals surface area (Å²) in [5.41, 5.74) is 1.70. The fourth-order valence-corrected chi connectivity index (χ4v) is 3.26.